The molecule has 2 amide bonds. The fourth-order valence-corrected chi connectivity index (χ4v) is 2.33. The standard InChI is InChI=1S/C18H18ClN3O2S/c1-11(2)16(23)22-18(25)21-15-8-4-7-14(10-15)20-17(24)12-5-3-6-13(19)9-12/h3-11H,1-2H3,(H,20,24)(H2,21,22,23,25). The van der Waals surface area contributed by atoms with Gasteiger partial charge < -0.3 is 16.0 Å². The van der Waals surface area contributed by atoms with Crippen molar-refractivity contribution >= 4 is 52.1 Å². The molecule has 0 aliphatic carbocycles. The Labute approximate surface area is 156 Å². The summed E-state index contributed by atoms with van der Waals surface area (Å²) in [6.07, 6.45) is 0. The van der Waals surface area contributed by atoms with Crippen molar-refractivity contribution in [1.82, 2.24) is 5.32 Å². The SMILES string of the molecule is CC(C)C(=O)NC(=S)Nc1cccc(NC(=O)c2cccc(Cl)c2)c1. The number of rotatable bonds is 4. The second kappa shape index (κ2) is 8.60. The largest absolute Gasteiger partial charge is 0.332 e. The average Bonchev–Trinajstić information content (AvgIpc) is 2.54. The van der Waals surface area contributed by atoms with Crippen LogP contribution in [0.15, 0.2) is 48.5 Å². The molecule has 0 atom stereocenters. The van der Waals surface area contributed by atoms with Gasteiger partial charge in [0.15, 0.2) is 5.11 Å². The molecule has 2 rings (SSSR count). The number of anilines is 2. The van der Waals surface area contributed by atoms with E-state index in [1.807, 2.05) is 0 Å². The summed E-state index contributed by atoms with van der Waals surface area (Å²) in [5.74, 6) is -0.596. The zero-order valence-corrected chi connectivity index (χ0v) is 15.4. The molecular formula is C18H18ClN3O2S. The molecule has 0 aliphatic heterocycles. The minimum Gasteiger partial charge on any atom is -0.332 e. The van der Waals surface area contributed by atoms with E-state index in [4.69, 9.17) is 23.8 Å². The number of nitrogens with one attached hydrogen (secondary N) is 3. The van der Waals surface area contributed by atoms with Crippen molar-refractivity contribution in [1.29, 1.82) is 0 Å². The number of thiocarbonyl (C=S) groups is 1. The summed E-state index contributed by atoms with van der Waals surface area (Å²) in [7, 11) is 0. The molecule has 2 aromatic carbocycles. The summed E-state index contributed by atoms with van der Waals surface area (Å²) in [5, 5.41) is 9.01. The summed E-state index contributed by atoms with van der Waals surface area (Å²) in [5.41, 5.74) is 1.71. The number of carbonyl (C=O) groups is 2. The first-order valence-corrected chi connectivity index (χ1v) is 8.42. The van der Waals surface area contributed by atoms with Gasteiger partial charge in [0.25, 0.3) is 5.91 Å². The first kappa shape index (κ1) is 18.9. The molecule has 0 aromatic heterocycles. The highest BCUT2D eigenvalue weighted by molar-refractivity contribution is 7.80. The Balaban J connectivity index is 2.02. The average molecular weight is 376 g/mol. The summed E-state index contributed by atoms with van der Waals surface area (Å²) >= 11 is 11.0. The first-order chi connectivity index (χ1) is 11.8. The van der Waals surface area contributed by atoms with E-state index in [1.165, 1.54) is 0 Å². The smallest absolute Gasteiger partial charge is 0.255 e. The molecule has 0 fully saturated rings. The first-order valence-electron chi connectivity index (χ1n) is 7.64. The van der Waals surface area contributed by atoms with Crippen LogP contribution in [0.5, 0.6) is 0 Å². The van der Waals surface area contributed by atoms with Crippen LogP contribution < -0.4 is 16.0 Å². The molecule has 0 bridgehead atoms. The molecule has 130 valence electrons. The van der Waals surface area contributed by atoms with E-state index in [2.05, 4.69) is 16.0 Å². The van der Waals surface area contributed by atoms with Crippen molar-refractivity contribution in [3.63, 3.8) is 0 Å². The molecule has 3 N–H and O–H groups in total. The molecule has 0 heterocycles. The van der Waals surface area contributed by atoms with Crippen LogP contribution >= 0.6 is 23.8 Å². The second-order valence-electron chi connectivity index (χ2n) is 5.64. The zero-order valence-electron chi connectivity index (χ0n) is 13.8. The molecule has 25 heavy (non-hydrogen) atoms. The lowest BCUT2D eigenvalue weighted by atomic mass is 10.2. The highest BCUT2D eigenvalue weighted by Crippen LogP contribution is 2.17. The maximum atomic E-state index is 12.2. The third-order valence-corrected chi connectivity index (χ3v) is 3.67. The van der Waals surface area contributed by atoms with Gasteiger partial charge in [-0.1, -0.05) is 37.6 Å². The van der Waals surface area contributed by atoms with Gasteiger partial charge in [-0.15, -0.1) is 0 Å². The molecule has 2 aromatic rings. The lowest BCUT2D eigenvalue weighted by Crippen LogP contribution is -2.36. The van der Waals surface area contributed by atoms with Gasteiger partial charge in [-0.25, -0.2) is 0 Å². The Morgan fingerprint density at radius 2 is 1.64 bits per heavy atom. The minimum atomic E-state index is -0.268. The van der Waals surface area contributed by atoms with Crippen molar-refractivity contribution in [2.45, 2.75) is 13.8 Å². The highest BCUT2D eigenvalue weighted by atomic mass is 35.5. The number of amides is 2. The van der Waals surface area contributed by atoms with Crippen molar-refractivity contribution in [3.05, 3.63) is 59.1 Å². The fraction of sp³-hybridized carbons (Fsp3) is 0.167. The second-order valence-corrected chi connectivity index (χ2v) is 6.49. The van der Waals surface area contributed by atoms with Gasteiger partial charge in [-0.2, -0.15) is 0 Å². The van der Waals surface area contributed by atoms with Gasteiger partial charge in [0.05, 0.1) is 0 Å². The van der Waals surface area contributed by atoms with E-state index in [-0.39, 0.29) is 22.8 Å². The number of hydrogen-bond donors (Lipinski definition) is 3. The van der Waals surface area contributed by atoms with Gasteiger partial charge in [-0.3, -0.25) is 9.59 Å². The Morgan fingerprint density at radius 3 is 2.28 bits per heavy atom. The molecular weight excluding hydrogens is 358 g/mol. The third kappa shape index (κ3) is 5.85. The molecule has 0 saturated heterocycles. The topological polar surface area (TPSA) is 70.2 Å². The van der Waals surface area contributed by atoms with E-state index in [0.29, 0.717) is 22.0 Å². The number of benzene rings is 2. The monoisotopic (exact) mass is 375 g/mol. The van der Waals surface area contributed by atoms with Crippen LogP contribution in [-0.2, 0) is 4.79 Å². The fourth-order valence-electron chi connectivity index (χ4n) is 1.93. The van der Waals surface area contributed by atoms with E-state index in [9.17, 15) is 9.59 Å². The van der Waals surface area contributed by atoms with Crippen molar-refractivity contribution in [3.8, 4) is 0 Å². The third-order valence-electron chi connectivity index (χ3n) is 3.23. The van der Waals surface area contributed by atoms with Crippen LogP contribution in [0, 0.1) is 5.92 Å². The van der Waals surface area contributed by atoms with E-state index < -0.39 is 0 Å². The predicted molar refractivity (Wildman–Crippen MR) is 105 cm³/mol. The molecule has 5 nitrogen and oxygen atoms in total. The number of halogens is 1. The van der Waals surface area contributed by atoms with Crippen LogP contribution in [-0.4, -0.2) is 16.9 Å². The van der Waals surface area contributed by atoms with Gasteiger partial charge in [0.2, 0.25) is 5.91 Å². The highest BCUT2D eigenvalue weighted by Gasteiger charge is 2.10. The van der Waals surface area contributed by atoms with Gasteiger partial charge >= 0.3 is 0 Å². The predicted octanol–water partition coefficient (Wildman–Crippen LogP) is 4.06. The Morgan fingerprint density at radius 1 is 1.00 bits per heavy atom. The van der Waals surface area contributed by atoms with Crippen molar-refractivity contribution in [2.75, 3.05) is 10.6 Å². The summed E-state index contributed by atoms with van der Waals surface area (Å²) in [6, 6.07) is 13.7. The van der Waals surface area contributed by atoms with Crippen LogP contribution in [0.25, 0.3) is 0 Å². The zero-order chi connectivity index (χ0) is 18.4. The Bertz CT molecular complexity index is 808. The number of hydrogen-bond acceptors (Lipinski definition) is 3. The van der Waals surface area contributed by atoms with E-state index >= 15 is 0 Å². The summed E-state index contributed by atoms with van der Waals surface area (Å²) in [4.78, 5) is 23.9. The van der Waals surface area contributed by atoms with Crippen LogP contribution in [0.4, 0.5) is 11.4 Å². The van der Waals surface area contributed by atoms with Gasteiger partial charge in [-0.05, 0) is 48.6 Å². The van der Waals surface area contributed by atoms with Crippen LogP contribution in [0.3, 0.4) is 0 Å². The molecule has 0 spiro atoms. The lowest BCUT2D eigenvalue weighted by molar-refractivity contribution is -0.122. The van der Waals surface area contributed by atoms with Crippen LogP contribution in [0.1, 0.15) is 24.2 Å². The van der Waals surface area contributed by atoms with E-state index in [1.54, 1.807) is 62.4 Å². The Kier molecular flexibility index (Phi) is 6.50. The maximum Gasteiger partial charge on any atom is 0.255 e. The molecule has 0 radical (unpaired) electrons. The van der Waals surface area contributed by atoms with Gasteiger partial charge in [0.1, 0.15) is 0 Å². The van der Waals surface area contributed by atoms with Crippen molar-refractivity contribution in [2.24, 2.45) is 5.92 Å². The molecule has 0 saturated carbocycles. The number of carbonyl (C=O) groups excluding carboxylic acids is 2. The minimum absolute atomic E-state index is 0.164. The lowest BCUT2D eigenvalue weighted by Gasteiger charge is -2.12. The molecule has 0 unspecified atom stereocenters. The molecule has 7 heteroatoms. The normalized spacial score (nSPS) is 10.2. The quantitative estimate of drug-likeness (QED) is 0.705. The van der Waals surface area contributed by atoms with Gasteiger partial charge in [0, 0.05) is 27.9 Å². The van der Waals surface area contributed by atoms with Crippen LogP contribution in [0.2, 0.25) is 5.02 Å². The Hall–Kier alpha value is -2.44. The molecule has 0 aliphatic rings. The van der Waals surface area contributed by atoms with E-state index in [0.717, 1.165) is 0 Å². The maximum absolute atomic E-state index is 12.2. The van der Waals surface area contributed by atoms with Crippen molar-refractivity contribution < 1.29 is 9.59 Å². The summed E-state index contributed by atoms with van der Waals surface area (Å²) in [6.45, 7) is 3.56. The summed E-state index contributed by atoms with van der Waals surface area (Å²) < 4.78 is 0.